The Balaban J connectivity index is 2.29. The average molecular weight is 288 g/mol. The van der Waals surface area contributed by atoms with E-state index in [9.17, 15) is 9.59 Å². The molecule has 0 bridgehead atoms. The molecule has 1 fully saturated rings. The predicted octanol–water partition coefficient (Wildman–Crippen LogP) is 2.26. The lowest BCUT2D eigenvalue weighted by atomic mass is 9.95. The van der Waals surface area contributed by atoms with Crippen LogP contribution in [0.2, 0.25) is 0 Å². The highest BCUT2D eigenvalue weighted by Crippen LogP contribution is 2.21. The molecule has 0 aromatic heterocycles. The molecule has 0 aliphatic carbocycles. The lowest BCUT2D eigenvalue weighted by molar-refractivity contribution is -0.152. The molecule has 2 unspecified atom stereocenters. The van der Waals surface area contributed by atoms with Crippen molar-refractivity contribution in [3.63, 3.8) is 0 Å². The third-order valence-electron chi connectivity index (χ3n) is 3.98. The molecule has 2 atom stereocenters. The minimum Gasteiger partial charge on any atom is -0.343 e. The first-order valence-electron chi connectivity index (χ1n) is 7.60. The van der Waals surface area contributed by atoms with Crippen LogP contribution in [0.3, 0.4) is 0 Å². The molecule has 1 aromatic rings. The van der Waals surface area contributed by atoms with Crippen LogP contribution in [0.15, 0.2) is 24.3 Å². The number of rotatable bonds is 4. The molecule has 2 rings (SSSR count). The van der Waals surface area contributed by atoms with E-state index in [2.05, 4.69) is 11.4 Å². The van der Waals surface area contributed by atoms with E-state index < -0.39 is 6.04 Å². The second kappa shape index (κ2) is 6.29. The molecule has 0 spiro atoms. The standard InChI is InChI=1S/C17H24N2O2/c1-5-14-17(21)19(15(11(2)3)16(20)18-14)10-13-8-6-7-12(4)9-13/h6-9,11,14-15H,5,10H2,1-4H3,(H,18,20). The van der Waals surface area contributed by atoms with Gasteiger partial charge in [-0.05, 0) is 24.8 Å². The summed E-state index contributed by atoms with van der Waals surface area (Å²) in [6, 6.07) is 7.31. The molecule has 1 N–H and O–H groups in total. The molecule has 4 heteroatoms. The lowest BCUT2D eigenvalue weighted by Gasteiger charge is -2.40. The molecule has 1 aliphatic heterocycles. The molecule has 2 amide bonds. The summed E-state index contributed by atoms with van der Waals surface area (Å²) in [5, 5.41) is 2.84. The van der Waals surface area contributed by atoms with E-state index in [0.29, 0.717) is 13.0 Å². The van der Waals surface area contributed by atoms with Crippen molar-refractivity contribution in [1.29, 1.82) is 0 Å². The zero-order valence-electron chi connectivity index (χ0n) is 13.2. The number of nitrogens with zero attached hydrogens (tertiary/aromatic N) is 1. The lowest BCUT2D eigenvalue weighted by Crippen LogP contribution is -2.64. The van der Waals surface area contributed by atoms with Crippen molar-refractivity contribution in [2.24, 2.45) is 5.92 Å². The smallest absolute Gasteiger partial charge is 0.246 e. The monoisotopic (exact) mass is 288 g/mol. The topological polar surface area (TPSA) is 49.4 Å². The zero-order chi connectivity index (χ0) is 15.6. The SMILES string of the molecule is CCC1NC(=O)C(C(C)C)N(Cc2cccc(C)c2)C1=O. The van der Waals surface area contributed by atoms with Crippen molar-refractivity contribution in [2.75, 3.05) is 0 Å². The maximum absolute atomic E-state index is 12.6. The van der Waals surface area contributed by atoms with Crippen LogP contribution in [0.25, 0.3) is 0 Å². The van der Waals surface area contributed by atoms with Crippen molar-refractivity contribution in [3.05, 3.63) is 35.4 Å². The molecule has 114 valence electrons. The van der Waals surface area contributed by atoms with Crippen molar-refractivity contribution in [3.8, 4) is 0 Å². The first kappa shape index (κ1) is 15.5. The Morgan fingerprint density at radius 1 is 1.29 bits per heavy atom. The van der Waals surface area contributed by atoms with Gasteiger partial charge in [-0.25, -0.2) is 0 Å². The van der Waals surface area contributed by atoms with Crippen molar-refractivity contribution < 1.29 is 9.59 Å². The molecule has 21 heavy (non-hydrogen) atoms. The first-order valence-corrected chi connectivity index (χ1v) is 7.60. The van der Waals surface area contributed by atoms with Crippen molar-refractivity contribution in [1.82, 2.24) is 10.2 Å². The van der Waals surface area contributed by atoms with Gasteiger partial charge in [-0.2, -0.15) is 0 Å². The van der Waals surface area contributed by atoms with Crippen LogP contribution in [0.4, 0.5) is 0 Å². The number of piperazine rings is 1. The molecule has 1 saturated heterocycles. The molecule has 1 aliphatic rings. The summed E-state index contributed by atoms with van der Waals surface area (Å²) in [6.45, 7) is 8.40. The number of hydrogen-bond donors (Lipinski definition) is 1. The first-order chi connectivity index (χ1) is 9.93. The molecule has 1 heterocycles. The van der Waals surface area contributed by atoms with Gasteiger partial charge in [0.25, 0.3) is 0 Å². The number of carbonyl (C=O) groups excluding carboxylic acids is 2. The summed E-state index contributed by atoms with van der Waals surface area (Å²) in [7, 11) is 0. The number of nitrogens with one attached hydrogen (secondary N) is 1. The maximum atomic E-state index is 12.6. The quantitative estimate of drug-likeness (QED) is 0.924. The van der Waals surface area contributed by atoms with Gasteiger partial charge in [0.15, 0.2) is 0 Å². The zero-order valence-corrected chi connectivity index (χ0v) is 13.2. The van der Waals surface area contributed by atoms with E-state index in [1.54, 1.807) is 4.90 Å². The van der Waals surface area contributed by atoms with Crippen LogP contribution in [0.1, 0.15) is 38.3 Å². The fraction of sp³-hybridized carbons (Fsp3) is 0.529. The number of hydrogen-bond acceptors (Lipinski definition) is 2. The van der Waals surface area contributed by atoms with Gasteiger partial charge in [0, 0.05) is 6.54 Å². The minimum atomic E-state index is -0.391. The van der Waals surface area contributed by atoms with Crippen LogP contribution in [-0.4, -0.2) is 28.8 Å². The highest BCUT2D eigenvalue weighted by molar-refractivity contribution is 5.97. The van der Waals surface area contributed by atoms with Gasteiger partial charge in [0.05, 0.1) is 0 Å². The Morgan fingerprint density at radius 3 is 2.57 bits per heavy atom. The fourth-order valence-electron chi connectivity index (χ4n) is 2.92. The molecule has 0 radical (unpaired) electrons. The van der Waals surface area contributed by atoms with E-state index in [1.807, 2.05) is 45.9 Å². The van der Waals surface area contributed by atoms with E-state index in [0.717, 1.165) is 11.1 Å². The molecule has 0 saturated carbocycles. The summed E-state index contributed by atoms with van der Waals surface area (Å²) >= 11 is 0. The Bertz CT molecular complexity index is 539. The number of carbonyl (C=O) groups is 2. The predicted molar refractivity (Wildman–Crippen MR) is 82.6 cm³/mol. The molecule has 1 aromatic carbocycles. The number of aryl methyl sites for hydroxylation is 1. The van der Waals surface area contributed by atoms with Gasteiger partial charge >= 0.3 is 0 Å². The summed E-state index contributed by atoms with van der Waals surface area (Å²) in [5.74, 6) is 0.0815. The molecule has 4 nitrogen and oxygen atoms in total. The maximum Gasteiger partial charge on any atom is 0.246 e. The number of amides is 2. The van der Waals surface area contributed by atoms with Crippen LogP contribution in [0.5, 0.6) is 0 Å². The van der Waals surface area contributed by atoms with Crippen molar-refractivity contribution >= 4 is 11.8 Å². The van der Waals surface area contributed by atoms with Gasteiger partial charge in [0.1, 0.15) is 12.1 Å². The van der Waals surface area contributed by atoms with E-state index in [4.69, 9.17) is 0 Å². The van der Waals surface area contributed by atoms with Crippen LogP contribution in [0, 0.1) is 12.8 Å². The van der Waals surface area contributed by atoms with Crippen LogP contribution in [-0.2, 0) is 16.1 Å². The van der Waals surface area contributed by atoms with Crippen LogP contribution < -0.4 is 5.32 Å². The van der Waals surface area contributed by atoms with Gasteiger partial charge in [-0.1, -0.05) is 50.6 Å². The van der Waals surface area contributed by atoms with Gasteiger partial charge in [0.2, 0.25) is 11.8 Å². The van der Waals surface area contributed by atoms with Crippen molar-refractivity contribution in [2.45, 2.75) is 52.7 Å². The van der Waals surface area contributed by atoms with E-state index in [1.165, 1.54) is 0 Å². The number of benzene rings is 1. The Hall–Kier alpha value is -1.84. The van der Waals surface area contributed by atoms with E-state index >= 15 is 0 Å². The molecular formula is C17H24N2O2. The summed E-state index contributed by atoms with van der Waals surface area (Å²) in [4.78, 5) is 26.7. The fourth-order valence-corrected chi connectivity index (χ4v) is 2.92. The van der Waals surface area contributed by atoms with E-state index in [-0.39, 0.29) is 23.8 Å². The Kier molecular flexibility index (Phi) is 4.66. The largest absolute Gasteiger partial charge is 0.343 e. The Morgan fingerprint density at radius 2 is 2.00 bits per heavy atom. The normalized spacial score (nSPS) is 22.6. The molecular weight excluding hydrogens is 264 g/mol. The summed E-state index contributed by atoms with van der Waals surface area (Å²) in [6.07, 6.45) is 0.625. The summed E-state index contributed by atoms with van der Waals surface area (Å²) in [5.41, 5.74) is 2.23. The highest BCUT2D eigenvalue weighted by atomic mass is 16.2. The Labute approximate surface area is 126 Å². The second-order valence-corrected chi connectivity index (χ2v) is 6.11. The summed E-state index contributed by atoms with van der Waals surface area (Å²) < 4.78 is 0. The average Bonchev–Trinajstić information content (AvgIpc) is 2.42. The third kappa shape index (κ3) is 3.26. The van der Waals surface area contributed by atoms with Gasteiger partial charge in [-0.15, -0.1) is 0 Å². The van der Waals surface area contributed by atoms with Gasteiger partial charge in [-0.3, -0.25) is 9.59 Å². The highest BCUT2D eigenvalue weighted by Gasteiger charge is 2.41. The van der Waals surface area contributed by atoms with Gasteiger partial charge < -0.3 is 10.2 Å². The second-order valence-electron chi connectivity index (χ2n) is 6.11. The third-order valence-corrected chi connectivity index (χ3v) is 3.98. The minimum absolute atomic E-state index is 0.0253. The van der Waals surface area contributed by atoms with Crippen LogP contribution >= 0.6 is 0 Å².